The zero-order valence-electron chi connectivity index (χ0n) is 47.4. The molecule has 2 aliphatic rings. The molecule has 2 heterocycles. The number of amides is 1. The number of alkyl carbamates (subject to hydrolysis) is 1. The van der Waals surface area contributed by atoms with Gasteiger partial charge in [-0.05, 0) is 86.2 Å². The minimum Gasteiger partial charge on any atom is -0.494 e. The van der Waals surface area contributed by atoms with Gasteiger partial charge >= 0.3 is 31.5 Å². The van der Waals surface area contributed by atoms with Gasteiger partial charge in [-0.2, -0.15) is 0 Å². The minimum atomic E-state index is -4.50. The molecule has 1 amide bonds. The summed E-state index contributed by atoms with van der Waals surface area (Å²) in [5.41, 5.74) is 3.47. The molecule has 27 heteroatoms. The van der Waals surface area contributed by atoms with Crippen molar-refractivity contribution in [1.82, 2.24) is 20.6 Å². The molecule has 0 bridgehead atoms. The summed E-state index contributed by atoms with van der Waals surface area (Å²) < 4.78 is 68.5. The molecule has 2 unspecified atom stereocenters. The molecule has 1 aliphatic carbocycles. The molecule has 0 fully saturated rings. The summed E-state index contributed by atoms with van der Waals surface area (Å²) in [6, 6.07) is 15.5. The number of anilines is 2. The van der Waals surface area contributed by atoms with Crippen LogP contribution in [0, 0.1) is 10.1 Å². The molecule has 1 aromatic heterocycles. The number of non-ortho nitro benzene ring substituents is 1. The van der Waals surface area contributed by atoms with Gasteiger partial charge in [0, 0.05) is 93.5 Å². The summed E-state index contributed by atoms with van der Waals surface area (Å²) in [6.45, 7) is 7.64. The Morgan fingerprint density at radius 3 is 2.24 bits per heavy atom. The van der Waals surface area contributed by atoms with Crippen LogP contribution in [0.1, 0.15) is 111 Å². The third-order valence-electron chi connectivity index (χ3n) is 12.9. The average molecular weight is 1200 g/mol. The van der Waals surface area contributed by atoms with E-state index in [-0.39, 0.29) is 66.9 Å². The Morgan fingerprint density at radius 2 is 1.51 bits per heavy atom. The number of nitrogens with one attached hydrogen (secondary N) is 2. The van der Waals surface area contributed by atoms with Crippen molar-refractivity contribution in [2.75, 3.05) is 88.6 Å². The van der Waals surface area contributed by atoms with Gasteiger partial charge in [-0.3, -0.25) is 38.3 Å². The number of aromatic nitrogens is 3. The lowest BCUT2D eigenvalue weighted by molar-refractivity contribution is -0.383. The second-order valence-electron chi connectivity index (χ2n) is 19.1. The van der Waals surface area contributed by atoms with Crippen molar-refractivity contribution in [2.24, 2.45) is 0 Å². The van der Waals surface area contributed by atoms with E-state index >= 15 is 0 Å². The minimum absolute atomic E-state index is 0.00425. The molecule has 25 nitrogen and oxygen atoms in total. The number of benzene rings is 4. The van der Waals surface area contributed by atoms with Crippen LogP contribution >= 0.6 is 19.6 Å². The van der Waals surface area contributed by atoms with E-state index in [0.29, 0.717) is 76.3 Å². The van der Waals surface area contributed by atoms with Gasteiger partial charge in [0.1, 0.15) is 29.7 Å². The number of rotatable bonds is 40. The molecule has 1 aliphatic heterocycles. The standard InChI is InChI=1S/C56H74N7O18PS/c1-5-62(6-2)41-20-23-46-50(33-41)80-51-35-49(66)44-22-21-42(34-45(44)53(51)59-46)73-29-18-15-19-52(67)79-43(37-77-82(71,78-38-75-39(3)64)76-30-27-58-56(68)74-31-32-83-40(4)65)36-72-28-17-14-12-10-8-7-9-11-13-16-26-57-47-24-25-48(63(69)70)55-54(47)60-81-61-55/h20-25,33-35,43,57H,5-19,26-32,36-38H2,1-4H3,(H,58,68). The maximum absolute atomic E-state index is 13.7. The molecule has 3 aromatic carbocycles. The van der Waals surface area contributed by atoms with E-state index in [0.717, 1.165) is 102 Å². The van der Waals surface area contributed by atoms with Crippen LogP contribution in [0.5, 0.6) is 5.75 Å². The molecule has 452 valence electrons. The van der Waals surface area contributed by atoms with Crippen molar-refractivity contribution in [3.63, 3.8) is 0 Å². The Bertz CT molecular complexity index is 3140. The first kappa shape index (κ1) is 65.2. The van der Waals surface area contributed by atoms with E-state index < -0.39 is 50.3 Å². The number of nitrogens with zero attached hydrogens (tertiary/aromatic N) is 5. The molecule has 6 rings (SSSR count). The lowest BCUT2D eigenvalue weighted by Crippen LogP contribution is -2.30. The third kappa shape index (κ3) is 21.6. The molecule has 83 heavy (non-hydrogen) atoms. The second-order valence-corrected chi connectivity index (χ2v) is 22.1. The van der Waals surface area contributed by atoms with Crippen LogP contribution in [0.3, 0.4) is 0 Å². The Balaban J connectivity index is 0.942. The first-order valence-corrected chi connectivity index (χ1v) is 30.4. The highest BCUT2D eigenvalue weighted by atomic mass is 32.2. The third-order valence-corrected chi connectivity index (χ3v) is 15.1. The monoisotopic (exact) mass is 1200 g/mol. The molecular formula is C56H74N7O18PS. The van der Waals surface area contributed by atoms with Gasteiger partial charge in [0.05, 0.1) is 37.0 Å². The summed E-state index contributed by atoms with van der Waals surface area (Å²) >= 11 is 1.00. The SMILES string of the molecule is CCN(CC)c1ccc2nc3c4cc(OCCCCC(=O)OC(COCCCCCCCCCCCCNc5ccc([N+](=O)[O-])c6nonc56)COP(=O)(OCCNC(=O)OCCSC(C)=O)OCOC(C)=O)ccc4c(=O)cc-3oc2c1. The zero-order chi connectivity index (χ0) is 59.4. The number of unbranched alkanes of at least 4 members (excludes halogenated alkanes) is 10. The van der Waals surface area contributed by atoms with Crippen LogP contribution in [0.2, 0.25) is 0 Å². The largest absolute Gasteiger partial charge is 0.494 e. The normalized spacial score (nSPS) is 12.5. The average Bonchev–Trinajstić information content (AvgIpc) is 4.00. The van der Waals surface area contributed by atoms with Crippen LogP contribution in [0.15, 0.2) is 68.4 Å². The summed E-state index contributed by atoms with van der Waals surface area (Å²) in [6.07, 6.45) is 9.06. The van der Waals surface area contributed by atoms with E-state index in [1.165, 1.54) is 19.1 Å². The number of nitro groups is 1. The maximum atomic E-state index is 13.7. The number of nitro benzene ring substituents is 1. The highest BCUT2D eigenvalue weighted by Gasteiger charge is 2.31. The second kappa shape index (κ2) is 34.6. The summed E-state index contributed by atoms with van der Waals surface area (Å²) in [7, 11) is -4.50. The van der Waals surface area contributed by atoms with E-state index in [4.69, 9.17) is 51.3 Å². The van der Waals surface area contributed by atoms with Crippen molar-refractivity contribution >= 4 is 92.7 Å². The lowest BCUT2D eigenvalue weighted by Gasteiger charge is -2.22. The quantitative estimate of drug-likeness (QED) is 0.00415. The van der Waals surface area contributed by atoms with Crippen LogP contribution in [0.25, 0.3) is 44.4 Å². The first-order valence-electron chi connectivity index (χ1n) is 28.0. The summed E-state index contributed by atoms with van der Waals surface area (Å²) in [4.78, 5) is 79.0. The molecule has 2 N–H and O–H groups in total. The van der Waals surface area contributed by atoms with E-state index in [2.05, 4.69) is 39.7 Å². The molecule has 4 aromatic rings. The summed E-state index contributed by atoms with van der Waals surface area (Å²) in [5.74, 6) is -0.170. The molecular weight excluding hydrogens is 1120 g/mol. The van der Waals surface area contributed by atoms with Gasteiger partial charge < -0.3 is 43.6 Å². The number of phosphoric acid groups is 1. The van der Waals surface area contributed by atoms with Crippen molar-refractivity contribution in [1.29, 1.82) is 0 Å². The predicted octanol–water partition coefficient (Wildman–Crippen LogP) is 10.9. The number of hydrogen-bond donors (Lipinski definition) is 2. The number of carbonyl (C=O) groups is 4. The van der Waals surface area contributed by atoms with Gasteiger partial charge in [-0.1, -0.05) is 63.1 Å². The maximum Gasteiger partial charge on any atom is 0.477 e. The topological polar surface area (TPSA) is 312 Å². The van der Waals surface area contributed by atoms with Crippen LogP contribution in [-0.2, 0) is 51.5 Å². The van der Waals surface area contributed by atoms with Crippen molar-refractivity contribution < 1.29 is 75.0 Å². The molecule has 0 radical (unpaired) electrons. The van der Waals surface area contributed by atoms with E-state index in [9.17, 15) is 38.7 Å². The number of hydrogen-bond acceptors (Lipinski definition) is 24. The number of thioether (sulfide) groups is 1. The summed E-state index contributed by atoms with van der Waals surface area (Å²) in [5, 5.41) is 25.4. The number of carbonyl (C=O) groups excluding carboxylic acids is 4. The van der Waals surface area contributed by atoms with Crippen molar-refractivity contribution in [3.8, 4) is 17.2 Å². The lowest BCUT2D eigenvalue weighted by atomic mass is 10.0. The number of phosphoric ester groups is 1. The molecule has 2 atom stereocenters. The fraction of sp³-hybridized carbons (Fsp3) is 0.536. The molecule has 0 spiro atoms. The number of fused-ring (bicyclic) bond motifs is 5. The fourth-order valence-corrected chi connectivity index (χ4v) is 10.2. The molecule has 0 saturated carbocycles. The number of esters is 2. The van der Waals surface area contributed by atoms with Gasteiger partial charge in [-0.15, -0.1) is 0 Å². The Hall–Kier alpha value is -6.96. The van der Waals surface area contributed by atoms with Crippen LogP contribution in [0.4, 0.5) is 21.9 Å². The molecule has 0 saturated heterocycles. The first-order chi connectivity index (χ1) is 40.2. The Kier molecular flexibility index (Phi) is 27.2. The Labute approximate surface area is 484 Å². The smallest absolute Gasteiger partial charge is 0.477 e. The number of ether oxygens (including phenoxy) is 5. The van der Waals surface area contributed by atoms with Crippen LogP contribution < -0.4 is 25.7 Å². The highest BCUT2D eigenvalue weighted by molar-refractivity contribution is 8.13. The van der Waals surface area contributed by atoms with Gasteiger partial charge in [0.15, 0.2) is 27.4 Å². The highest BCUT2D eigenvalue weighted by Crippen LogP contribution is 2.49. The Morgan fingerprint density at radius 1 is 0.771 bits per heavy atom. The van der Waals surface area contributed by atoms with Crippen LogP contribution in [-0.4, -0.2) is 128 Å². The predicted molar refractivity (Wildman–Crippen MR) is 311 cm³/mol. The van der Waals surface area contributed by atoms with E-state index in [1.807, 2.05) is 18.2 Å². The van der Waals surface area contributed by atoms with Crippen molar-refractivity contribution in [3.05, 3.63) is 74.9 Å². The van der Waals surface area contributed by atoms with Gasteiger partial charge in [-0.25, -0.2) is 23.5 Å². The van der Waals surface area contributed by atoms with Gasteiger partial charge in [0.25, 0.3) is 0 Å². The zero-order valence-corrected chi connectivity index (χ0v) is 49.1. The fourth-order valence-electron chi connectivity index (χ4n) is 8.70. The van der Waals surface area contributed by atoms with E-state index in [1.54, 1.807) is 24.3 Å². The van der Waals surface area contributed by atoms with Crippen molar-refractivity contribution in [2.45, 2.75) is 117 Å². The van der Waals surface area contributed by atoms with Gasteiger partial charge in [0.2, 0.25) is 12.3 Å².